The summed E-state index contributed by atoms with van der Waals surface area (Å²) in [6.45, 7) is 2.56. The van der Waals surface area contributed by atoms with E-state index in [-0.39, 0.29) is 0 Å². The van der Waals surface area contributed by atoms with Crippen LogP contribution in [0.25, 0.3) is 10.8 Å². The predicted octanol–water partition coefficient (Wildman–Crippen LogP) is 3.00. The molecule has 0 saturated heterocycles. The number of aryl methyl sites for hydroxylation is 1. The molecular formula is C14H15NO2. The molecule has 0 heterocycles. The Labute approximate surface area is 100 Å². The Bertz CT molecular complexity index is 549. The zero-order valence-corrected chi connectivity index (χ0v) is 9.99. The Morgan fingerprint density at radius 2 is 1.88 bits per heavy atom. The highest BCUT2D eigenvalue weighted by molar-refractivity contribution is 5.83. The summed E-state index contributed by atoms with van der Waals surface area (Å²) in [5.74, 6) is 0. The van der Waals surface area contributed by atoms with Crippen LogP contribution in [0.5, 0.6) is 0 Å². The Morgan fingerprint density at radius 1 is 1.18 bits per heavy atom. The fourth-order valence-electron chi connectivity index (χ4n) is 1.77. The minimum absolute atomic E-state index is 0.408. The largest absolute Gasteiger partial charge is 0.453 e. The molecule has 0 aliphatic rings. The molecule has 0 bridgehead atoms. The first kappa shape index (κ1) is 11.5. The molecular weight excluding hydrogens is 214 g/mol. The van der Waals surface area contributed by atoms with Gasteiger partial charge < -0.3 is 10.1 Å². The normalized spacial score (nSPS) is 10.2. The molecule has 0 aromatic heterocycles. The molecule has 0 unspecified atom stereocenters. The van der Waals surface area contributed by atoms with E-state index in [1.807, 2.05) is 6.07 Å². The second-order valence-corrected chi connectivity index (χ2v) is 4.03. The number of fused-ring (bicyclic) bond motifs is 1. The third kappa shape index (κ3) is 2.75. The third-order valence-corrected chi connectivity index (χ3v) is 2.68. The highest BCUT2D eigenvalue weighted by Gasteiger charge is 2.00. The van der Waals surface area contributed by atoms with Crippen LogP contribution in [0.15, 0.2) is 36.4 Å². The lowest BCUT2D eigenvalue weighted by Crippen LogP contribution is -2.22. The number of methoxy groups -OCH3 is 1. The first-order valence-corrected chi connectivity index (χ1v) is 5.50. The lowest BCUT2D eigenvalue weighted by molar-refractivity contribution is 0.170. The molecule has 0 radical (unpaired) electrons. The zero-order valence-electron chi connectivity index (χ0n) is 9.99. The van der Waals surface area contributed by atoms with Crippen molar-refractivity contribution in [2.45, 2.75) is 13.5 Å². The fourth-order valence-corrected chi connectivity index (χ4v) is 1.77. The quantitative estimate of drug-likeness (QED) is 0.859. The number of ether oxygens (including phenoxy) is 1. The molecule has 88 valence electrons. The van der Waals surface area contributed by atoms with Crippen molar-refractivity contribution in [2.24, 2.45) is 0 Å². The van der Waals surface area contributed by atoms with Crippen LogP contribution in [0.4, 0.5) is 4.79 Å². The van der Waals surface area contributed by atoms with Gasteiger partial charge in [0.1, 0.15) is 0 Å². The number of hydrogen-bond acceptors (Lipinski definition) is 2. The summed E-state index contributed by atoms with van der Waals surface area (Å²) in [7, 11) is 1.36. The molecule has 1 amide bonds. The highest BCUT2D eigenvalue weighted by Crippen LogP contribution is 2.17. The van der Waals surface area contributed by atoms with Gasteiger partial charge in [0.05, 0.1) is 7.11 Å². The molecule has 0 aliphatic heterocycles. The summed E-state index contributed by atoms with van der Waals surface area (Å²) in [5, 5.41) is 5.06. The Hall–Kier alpha value is -2.03. The summed E-state index contributed by atoms with van der Waals surface area (Å²) in [5.41, 5.74) is 2.31. The number of hydrogen-bond donors (Lipinski definition) is 1. The number of nitrogens with one attached hydrogen (secondary N) is 1. The van der Waals surface area contributed by atoms with Crippen molar-refractivity contribution in [1.82, 2.24) is 5.32 Å². The molecule has 0 spiro atoms. The van der Waals surface area contributed by atoms with E-state index in [1.165, 1.54) is 23.4 Å². The molecule has 2 aromatic carbocycles. The van der Waals surface area contributed by atoms with Crippen LogP contribution in [0.2, 0.25) is 0 Å². The van der Waals surface area contributed by atoms with E-state index in [0.717, 1.165) is 5.56 Å². The number of rotatable bonds is 2. The highest BCUT2D eigenvalue weighted by atomic mass is 16.5. The number of carbonyl (C=O) groups is 1. The van der Waals surface area contributed by atoms with Crippen LogP contribution >= 0.6 is 0 Å². The van der Waals surface area contributed by atoms with Crippen LogP contribution in [-0.2, 0) is 11.3 Å². The summed E-state index contributed by atoms with van der Waals surface area (Å²) in [4.78, 5) is 11.0. The van der Waals surface area contributed by atoms with Gasteiger partial charge in [0, 0.05) is 6.54 Å². The average molecular weight is 229 g/mol. The van der Waals surface area contributed by atoms with E-state index in [2.05, 4.69) is 47.3 Å². The maximum atomic E-state index is 11.0. The van der Waals surface area contributed by atoms with Gasteiger partial charge in [-0.15, -0.1) is 0 Å². The van der Waals surface area contributed by atoms with E-state index < -0.39 is 6.09 Å². The van der Waals surface area contributed by atoms with Crippen molar-refractivity contribution in [1.29, 1.82) is 0 Å². The summed E-state index contributed by atoms with van der Waals surface area (Å²) < 4.78 is 4.53. The molecule has 2 rings (SSSR count). The van der Waals surface area contributed by atoms with Gasteiger partial charge >= 0.3 is 6.09 Å². The summed E-state index contributed by atoms with van der Waals surface area (Å²) in [6.07, 6.45) is -0.408. The molecule has 1 N–H and O–H groups in total. The van der Waals surface area contributed by atoms with E-state index in [1.54, 1.807) is 0 Å². The maximum absolute atomic E-state index is 11.0. The lowest BCUT2D eigenvalue weighted by atomic mass is 10.0. The smallest absolute Gasteiger partial charge is 0.407 e. The number of alkyl carbamates (subject to hydrolysis) is 1. The Kier molecular flexibility index (Phi) is 3.28. The van der Waals surface area contributed by atoms with Crippen molar-refractivity contribution < 1.29 is 9.53 Å². The molecule has 2 aromatic rings. The number of amides is 1. The van der Waals surface area contributed by atoms with Crippen LogP contribution < -0.4 is 5.32 Å². The second-order valence-electron chi connectivity index (χ2n) is 4.03. The van der Waals surface area contributed by atoms with E-state index in [4.69, 9.17) is 0 Å². The molecule has 0 atom stereocenters. The van der Waals surface area contributed by atoms with Gasteiger partial charge in [0.2, 0.25) is 0 Å². The third-order valence-electron chi connectivity index (χ3n) is 2.68. The number of benzene rings is 2. The topological polar surface area (TPSA) is 38.3 Å². The monoisotopic (exact) mass is 229 g/mol. The van der Waals surface area contributed by atoms with E-state index >= 15 is 0 Å². The number of carbonyl (C=O) groups excluding carboxylic acids is 1. The van der Waals surface area contributed by atoms with Crippen LogP contribution in [0, 0.1) is 6.92 Å². The van der Waals surface area contributed by atoms with Crippen LogP contribution in [0.1, 0.15) is 11.1 Å². The van der Waals surface area contributed by atoms with Crippen molar-refractivity contribution in [2.75, 3.05) is 7.11 Å². The average Bonchev–Trinajstić information content (AvgIpc) is 2.35. The van der Waals surface area contributed by atoms with Crippen LogP contribution in [-0.4, -0.2) is 13.2 Å². The first-order chi connectivity index (χ1) is 8.19. The minimum atomic E-state index is -0.408. The molecule has 3 heteroatoms. The van der Waals surface area contributed by atoms with Crippen molar-refractivity contribution >= 4 is 16.9 Å². The summed E-state index contributed by atoms with van der Waals surface area (Å²) >= 11 is 0. The fraction of sp³-hybridized carbons (Fsp3) is 0.214. The molecule has 0 aliphatic carbocycles. The van der Waals surface area contributed by atoms with Gasteiger partial charge in [0.25, 0.3) is 0 Å². The summed E-state index contributed by atoms with van der Waals surface area (Å²) in [6, 6.07) is 12.5. The van der Waals surface area contributed by atoms with E-state index in [0.29, 0.717) is 6.54 Å². The maximum Gasteiger partial charge on any atom is 0.407 e. The predicted molar refractivity (Wildman–Crippen MR) is 67.9 cm³/mol. The lowest BCUT2D eigenvalue weighted by Gasteiger charge is -2.06. The van der Waals surface area contributed by atoms with Gasteiger partial charge in [-0.05, 0) is 29.3 Å². The zero-order chi connectivity index (χ0) is 12.3. The second kappa shape index (κ2) is 4.87. The van der Waals surface area contributed by atoms with Crippen molar-refractivity contribution in [3.05, 3.63) is 47.5 Å². The standard InChI is InChI=1S/C14H15NO2/c1-10-3-5-13-8-11(4-6-12(13)7-10)9-15-14(16)17-2/h3-8H,9H2,1-2H3,(H,15,16). The Balaban J connectivity index is 2.20. The van der Waals surface area contributed by atoms with E-state index in [9.17, 15) is 4.79 Å². The first-order valence-electron chi connectivity index (χ1n) is 5.50. The van der Waals surface area contributed by atoms with Crippen LogP contribution in [0.3, 0.4) is 0 Å². The minimum Gasteiger partial charge on any atom is -0.453 e. The molecule has 0 saturated carbocycles. The molecule has 3 nitrogen and oxygen atoms in total. The van der Waals surface area contributed by atoms with Gasteiger partial charge in [-0.2, -0.15) is 0 Å². The van der Waals surface area contributed by atoms with Gasteiger partial charge in [-0.1, -0.05) is 35.9 Å². The van der Waals surface area contributed by atoms with Gasteiger partial charge in [-0.25, -0.2) is 4.79 Å². The van der Waals surface area contributed by atoms with Gasteiger partial charge in [-0.3, -0.25) is 0 Å². The van der Waals surface area contributed by atoms with Crippen molar-refractivity contribution in [3.63, 3.8) is 0 Å². The molecule has 17 heavy (non-hydrogen) atoms. The SMILES string of the molecule is COC(=O)NCc1ccc2cc(C)ccc2c1. The molecule has 0 fully saturated rings. The van der Waals surface area contributed by atoms with Gasteiger partial charge in [0.15, 0.2) is 0 Å². The van der Waals surface area contributed by atoms with Crippen molar-refractivity contribution in [3.8, 4) is 0 Å². The Morgan fingerprint density at radius 3 is 2.65 bits per heavy atom.